The average molecular weight is 1160 g/mol. The molecule has 2 N–H and O–H groups in total. The Hall–Kier alpha value is -6.76. The van der Waals surface area contributed by atoms with Crippen molar-refractivity contribution in [1.29, 1.82) is 0 Å². The number of fused-ring (bicyclic) bond motifs is 6. The highest BCUT2D eigenvalue weighted by atomic mass is 32.2. The van der Waals surface area contributed by atoms with Crippen LogP contribution in [0, 0.1) is 35.5 Å². The summed E-state index contributed by atoms with van der Waals surface area (Å²) in [6, 6.07) is 19.9. The van der Waals surface area contributed by atoms with E-state index in [0.29, 0.717) is 61.6 Å². The number of carbonyl (C=O) groups excluding carboxylic acids is 6. The molecule has 6 bridgehead atoms. The largest absolute Gasteiger partial charge is 0.464 e. The minimum absolute atomic E-state index is 0.0382. The van der Waals surface area contributed by atoms with Crippen LogP contribution in [-0.2, 0) is 63.9 Å². The molecule has 6 aliphatic rings. The number of hydrazine groups is 1. The number of aryl methyl sites for hydroxylation is 2. The molecular formula is C66H82N8O9S. The topological polar surface area (TPSA) is 193 Å². The predicted octanol–water partition coefficient (Wildman–Crippen LogP) is 8.69. The van der Waals surface area contributed by atoms with Crippen LogP contribution in [0.25, 0.3) is 33.3 Å². The second-order valence-electron chi connectivity index (χ2n) is 26.3. The number of nitrogens with zero attached hydrogens (tertiary/aromatic N) is 6. The first kappa shape index (κ1) is 59.0. The number of benzene rings is 3. The van der Waals surface area contributed by atoms with E-state index < -0.39 is 75.7 Å². The van der Waals surface area contributed by atoms with Gasteiger partial charge in [0.1, 0.15) is 40.9 Å². The van der Waals surface area contributed by atoms with Crippen LogP contribution < -0.4 is 15.5 Å². The molecule has 5 aliphatic heterocycles. The zero-order chi connectivity index (χ0) is 59.7. The zero-order valence-electron chi connectivity index (χ0n) is 50.4. The molecule has 1 saturated carbocycles. The van der Waals surface area contributed by atoms with Crippen LogP contribution in [0.4, 0.5) is 0 Å². The van der Waals surface area contributed by atoms with E-state index >= 15 is 14.4 Å². The van der Waals surface area contributed by atoms with Gasteiger partial charge in [-0.05, 0) is 147 Å². The highest BCUT2D eigenvalue weighted by molar-refractivity contribution is 7.83. The summed E-state index contributed by atoms with van der Waals surface area (Å²) in [6.45, 7) is 21.8. The molecular weight excluding hydrogens is 1080 g/mol. The van der Waals surface area contributed by atoms with Crippen LogP contribution in [0.5, 0.6) is 5.75 Å². The Morgan fingerprint density at radius 2 is 1.65 bits per heavy atom. The number of rotatable bonds is 13. The summed E-state index contributed by atoms with van der Waals surface area (Å²) in [5, 5.41) is 5.55. The Morgan fingerprint density at radius 3 is 2.36 bits per heavy atom. The smallest absolute Gasteiger partial charge is 0.324 e. The van der Waals surface area contributed by atoms with Crippen LogP contribution in [0.15, 0.2) is 83.9 Å². The fraction of sp³-hybridized carbons (Fsp3) is 0.530. The maximum atomic E-state index is 15.3. The van der Waals surface area contributed by atoms with E-state index in [1.54, 1.807) is 29.7 Å². The number of hydrogen-bond acceptors (Lipinski definition) is 11. The summed E-state index contributed by atoms with van der Waals surface area (Å²) in [6.07, 6.45) is 6.12. The van der Waals surface area contributed by atoms with Crippen molar-refractivity contribution < 1.29 is 42.4 Å². The molecule has 0 radical (unpaired) electrons. The second-order valence-corrected chi connectivity index (χ2v) is 27.7. The van der Waals surface area contributed by atoms with Crippen LogP contribution in [0.2, 0.25) is 0 Å². The number of hydrogen-bond donors (Lipinski definition) is 2. The summed E-state index contributed by atoms with van der Waals surface area (Å²) < 4.78 is 30.4. The molecule has 5 aromatic rings. The van der Waals surface area contributed by atoms with Gasteiger partial charge in [0.25, 0.3) is 5.91 Å². The number of carbonyl (C=O) groups is 6. The highest BCUT2D eigenvalue weighted by Gasteiger charge is 2.64. The van der Waals surface area contributed by atoms with Crippen molar-refractivity contribution in [2.75, 3.05) is 32.8 Å². The predicted molar refractivity (Wildman–Crippen MR) is 321 cm³/mol. The van der Waals surface area contributed by atoms with Crippen molar-refractivity contribution >= 4 is 57.5 Å². The lowest BCUT2D eigenvalue weighted by atomic mass is 9.83. The first-order valence-electron chi connectivity index (χ1n) is 30.4. The zero-order valence-corrected chi connectivity index (χ0v) is 51.2. The van der Waals surface area contributed by atoms with Gasteiger partial charge in [-0.25, -0.2) is 13.9 Å². The van der Waals surface area contributed by atoms with Crippen molar-refractivity contribution in [3.63, 3.8) is 0 Å². The number of amides is 4. The second kappa shape index (κ2) is 23.3. The minimum atomic E-state index is -1.50. The van der Waals surface area contributed by atoms with Crippen LogP contribution in [0.1, 0.15) is 129 Å². The molecule has 4 amide bonds. The molecule has 2 aromatic heterocycles. The first-order valence-corrected chi connectivity index (χ1v) is 31.6. The number of nitrogens with one attached hydrogen (secondary N) is 2. The van der Waals surface area contributed by atoms with Gasteiger partial charge in [0, 0.05) is 67.2 Å². The third-order valence-corrected chi connectivity index (χ3v) is 19.7. The van der Waals surface area contributed by atoms with E-state index in [-0.39, 0.29) is 68.1 Å². The van der Waals surface area contributed by atoms with Crippen LogP contribution in [-0.4, -0.2) is 131 Å². The van der Waals surface area contributed by atoms with Gasteiger partial charge < -0.3 is 29.2 Å². The third kappa shape index (κ3) is 11.5. The van der Waals surface area contributed by atoms with Crippen LogP contribution in [0.3, 0.4) is 0 Å². The number of likely N-dealkylation sites (tertiary alicyclic amines) is 2. The first-order chi connectivity index (χ1) is 40.1. The molecule has 446 valence electrons. The van der Waals surface area contributed by atoms with Gasteiger partial charge in [0.15, 0.2) is 0 Å². The Morgan fingerprint density at radius 1 is 0.905 bits per heavy atom. The van der Waals surface area contributed by atoms with Crippen molar-refractivity contribution in [3.05, 3.63) is 101 Å². The fourth-order valence-electron chi connectivity index (χ4n) is 13.5. The molecule has 7 heterocycles. The van der Waals surface area contributed by atoms with Gasteiger partial charge >= 0.3 is 11.9 Å². The van der Waals surface area contributed by atoms with Gasteiger partial charge in [-0.3, -0.25) is 38.8 Å². The summed E-state index contributed by atoms with van der Waals surface area (Å²) in [5.74, 6) is -2.31. The lowest BCUT2D eigenvalue weighted by molar-refractivity contribution is -0.155. The van der Waals surface area contributed by atoms with Gasteiger partial charge in [-0.2, -0.15) is 0 Å². The van der Waals surface area contributed by atoms with Crippen LogP contribution >= 0.6 is 0 Å². The molecule has 4 saturated heterocycles. The number of aromatic nitrogens is 2. The van der Waals surface area contributed by atoms with E-state index in [0.717, 1.165) is 62.9 Å². The number of pyridine rings is 1. The maximum Gasteiger partial charge on any atom is 0.324 e. The lowest BCUT2D eigenvalue weighted by Crippen LogP contribution is -2.62. The molecule has 18 heteroatoms. The molecule has 1 unspecified atom stereocenters. The maximum absolute atomic E-state index is 15.3. The lowest BCUT2D eigenvalue weighted by Gasteiger charge is -2.37. The molecule has 8 atom stereocenters. The van der Waals surface area contributed by atoms with Crippen molar-refractivity contribution in [2.24, 2.45) is 28.6 Å². The van der Waals surface area contributed by atoms with E-state index in [9.17, 15) is 18.6 Å². The number of ether oxygens (including phenoxy) is 2. The van der Waals surface area contributed by atoms with Gasteiger partial charge in [-0.1, -0.05) is 85.2 Å². The fourth-order valence-corrected chi connectivity index (χ4v) is 15.0. The quantitative estimate of drug-likeness (QED) is 0.0651. The highest BCUT2D eigenvalue weighted by Crippen LogP contribution is 2.51. The molecule has 1 aliphatic carbocycles. The molecule has 11 rings (SSSR count). The molecule has 5 fully saturated rings. The van der Waals surface area contributed by atoms with Crippen molar-refractivity contribution in [1.82, 2.24) is 39.4 Å². The van der Waals surface area contributed by atoms with Gasteiger partial charge in [0.05, 0.1) is 40.3 Å². The van der Waals surface area contributed by atoms with Gasteiger partial charge in [0.2, 0.25) is 17.7 Å². The standard InChI is InChI=1S/C66H82N8O9S/c1-11-71-53-23-20-44-34-49(53)50(57(71)48-14-12-26-67-54(48)38(2)3)35-65(9,10)37-82-63(79)51-15-13-27-73(69-51)60(76)52(32-42-30-45(44)33-46(31-42)83-62(78)40(6)7)68-59(75)55(39(4)5)72-29-25-66(64(72)80)24-28-70(36-66)61(77)58-56(43-18-19-43)74(58)84(81)47-21-16-41(8)17-22-47/h12,14,16-17,20-23,26,30-31,33-34,38-40,43,51-52,55-56,58,69H,11,13,15,18-19,24-25,27-29,32,35-37H2,1-10H3,(H,68,75)/t51-,52-,55-,56+,58+,66-,74?,84+/m0/s1. The number of esters is 2. The number of cyclic esters (lactones) is 1. The Bertz CT molecular complexity index is 3440. The minimum Gasteiger partial charge on any atom is -0.464 e. The van der Waals surface area contributed by atoms with E-state index in [1.807, 2.05) is 73.7 Å². The summed E-state index contributed by atoms with van der Waals surface area (Å²) in [7, 11) is -1.50. The van der Waals surface area contributed by atoms with Gasteiger partial charge in [-0.15, -0.1) is 0 Å². The molecule has 17 nitrogen and oxygen atoms in total. The molecule has 84 heavy (non-hydrogen) atoms. The normalized spacial score (nSPS) is 25.1. The summed E-state index contributed by atoms with van der Waals surface area (Å²) in [4.78, 5) is 96.6. The Labute approximate surface area is 496 Å². The van der Waals surface area contributed by atoms with E-state index in [2.05, 4.69) is 74.2 Å². The molecule has 3 aromatic carbocycles. The molecule has 1 spiro atoms. The van der Waals surface area contributed by atoms with Crippen molar-refractivity contribution in [3.8, 4) is 28.1 Å². The third-order valence-electron chi connectivity index (χ3n) is 18.2. The SMILES string of the molecule is CCn1c(-c2cccnc2C(C)C)c2c3cc(ccc31)-c1cc(cc(OC(=O)C(C)C)c1)C[C@H](NC(=O)[C@H](C(C)C)N1CC[C@]3(CCN(C(=O)[C@H]4[C@@H](C5CC5)N4[S@](=O)c4ccc(C)cc4)C3)C1=O)C(=O)N1CCC[C@H](N1)C(=O)OCC(C)(C)C2. The average Bonchev–Trinajstić information content (AvgIpc) is 2.88. The van der Waals surface area contributed by atoms with E-state index in [1.165, 1.54) is 5.01 Å². The Balaban J connectivity index is 0.922. The summed E-state index contributed by atoms with van der Waals surface area (Å²) in [5.41, 5.74) is 10.1. The Kier molecular flexibility index (Phi) is 16.3. The summed E-state index contributed by atoms with van der Waals surface area (Å²) >= 11 is 0. The monoisotopic (exact) mass is 1160 g/mol. The van der Waals surface area contributed by atoms with E-state index in [4.69, 9.17) is 14.5 Å². The van der Waals surface area contributed by atoms with Crippen molar-refractivity contribution in [2.45, 2.75) is 168 Å².